The van der Waals surface area contributed by atoms with Crippen molar-refractivity contribution < 1.29 is 9.90 Å². The summed E-state index contributed by atoms with van der Waals surface area (Å²) < 4.78 is 0.606. The average molecular weight is 417 g/mol. The van der Waals surface area contributed by atoms with E-state index in [0.717, 1.165) is 24.0 Å². The number of aryl methyl sites for hydroxylation is 1. The van der Waals surface area contributed by atoms with Gasteiger partial charge in [0.05, 0.1) is 10.0 Å². The topological polar surface area (TPSA) is 37.3 Å². The molecule has 0 aromatic heterocycles. The van der Waals surface area contributed by atoms with Crippen molar-refractivity contribution >= 4 is 21.7 Å². The Morgan fingerprint density at radius 3 is 2.27 bits per heavy atom. The molecular formula is C23H29BrO2. The van der Waals surface area contributed by atoms with Gasteiger partial charge in [-0.1, -0.05) is 75.8 Å². The minimum atomic E-state index is -0.0455. The van der Waals surface area contributed by atoms with Crippen molar-refractivity contribution in [3.05, 3.63) is 63.6 Å². The third kappa shape index (κ3) is 6.60. The van der Waals surface area contributed by atoms with Crippen LogP contribution in [0.5, 0.6) is 5.75 Å². The highest BCUT2D eigenvalue weighted by Gasteiger charge is 2.16. The lowest BCUT2D eigenvalue weighted by Crippen LogP contribution is -2.05. The summed E-state index contributed by atoms with van der Waals surface area (Å²) in [6.07, 6.45) is 10.1. The first-order valence-corrected chi connectivity index (χ1v) is 10.5. The van der Waals surface area contributed by atoms with Crippen molar-refractivity contribution in [3.8, 4) is 5.75 Å². The normalized spacial score (nSPS) is 10.8. The Balaban J connectivity index is 1.94. The molecule has 2 aromatic rings. The molecule has 0 aliphatic heterocycles. The molecule has 0 heterocycles. The van der Waals surface area contributed by atoms with Gasteiger partial charge in [-0.25, -0.2) is 0 Å². The lowest BCUT2D eigenvalue weighted by Gasteiger charge is -2.10. The molecule has 0 spiro atoms. The van der Waals surface area contributed by atoms with E-state index in [1.165, 1.54) is 38.5 Å². The van der Waals surface area contributed by atoms with Crippen LogP contribution < -0.4 is 0 Å². The molecule has 0 fully saturated rings. The van der Waals surface area contributed by atoms with Gasteiger partial charge in [-0.15, -0.1) is 0 Å². The van der Waals surface area contributed by atoms with Gasteiger partial charge >= 0.3 is 0 Å². The first-order valence-electron chi connectivity index (χ1n) is 9.70. The van der Waals surface area contributed by atoms with Crippen LogP contribution in [0.3, 0.4) is 0 Å². The van der Waals surface area contributed by atoms with Crippen LogP contribution in [0.2, 0.25) is 0 Å². The molecule has 0 unspecified atom stereocenters. The zero-order valence-electron chi connectivity index (χ0n) is 15.6. The summed E-state index contributed by atoms with van der Waals surface area (Å²) in [5.41, 5.74) is 2.49. The average Bonchev–Trinajstić information content (AvgIpc) is 2.64. The van der Waals surface area contributed by atoms with Crippen molar-refractivity contribution in [1.29, 1.82) is 0 Å². The molecule has 2 rings (SSSR count). The highest BCUT2D eigenvalue weighted by Crippen LogP contribution is 2.31. The Morgan fingerprint density at radius 1 is 0.923 bits per heavy atom. The third-order valence-corrected chi connectivity index (χ3v) is 5.30. The predicted octanol–water partition coefficient (Wildman–Crippen LogP) is 6.87. The zero-order chi connectivity index (χ0) is 18.8. The monoisotopic (exact) mass is 416 g/mol. The molecule has 0 aliphatic carbocycles. The van der Waals surface area contributed by atoms with E-state index in [1.54, 1.807) is 0 Å². The number of hydrogen-bond donors (Lipinski definition) is 1. The number of phenolic OH excluding ortho intramolecular Hbond substituents is 1. The second-order valence-corrected chi connectivity index (χ2v) is 7.79. The van der Waals surface area contributed by atoms with E-state index in [4.69, 9.17) is 0 Å². The van der Waals surface area contributed by atoms with E-state index in [0.29, 0.717) is 16.5 Å². The van der Waals surface area contributed by atoms with Crippen LogP contribution in [0.1, 0.15) is 73.4 Å². The summed E-state index contributed by atoms with van der Waals surface area (Å²) in [4.78, 5) is 12.6. The molecule has 0 aliphatic rings. The van der Waals surface area contributed by atoms with Crippen molar-refractivity contribution in [2.75, 3.05) is 0 Å². The number of Topliss-reactive ketones (excluding diaryl/α,β-unsaturated/α-hetero) is 1. The van der Waals surface area contributed by atoms with Crippen molar-refractivity contribution in [1.82, 2.24) is 0 Å². The summed E-state index contributed by atoms with van der Waals surface area (Å²) in [6.45, 7) is 2.24. The van der Waals surface area contributed by atoms with Gasteiger partial charge in [0.1, 0.15) is 5.75 Å². The molecule has 2 aromatic carbocycles. The van der Waals surface area contributed by atoms with E-state index in [-0.39, 0.29) is 11.5 Å². The summed E-state index contributed by atoms with van der Waals surface area (Å²) in [5.74, 6) is 0.00469. The summed E-state index contributed by atoms with van der Waals surface area (Å²) in [6, 6.07) is 13.5. The molecule has 3 heteroatoms. The Hall–Kier alpha value is -1.61. The first kappa shape index (κ1) is 20.7. The van der Waals surface area contributed by atoms with Gasteiger partial charge in [0, 0.05) is 6.42 Å². The van der Waals surface area contributed by atoms with Gasteiger partial charge in [-0.05, 0) is 52.0 Å². The van der Waals surface area contributed by atoms with Crippen LogP contribution in [0, 0.1) is 0 Å². The highest BCUT2D eigenvalue weighted by molar-refractivity contribution is 9.10. The fourth-order valence-electron chi connectivity index (χ4n) is 3.17. The van der Waals surface area contributed by atoms with Crippen LogP contribution in [0.25, 0.3) is 0 Å². The Bertz CT molecular complexity index is 695. The fourth-order valence-corrected chi connectivity index (χ4v) is 3.68. The summed E-state index contributed by atoms with van der Waals surface area (Å²) in [7, 11) is 0. The number of ketones is 1. The minimum Gasteiger partial charge on any atom is -0.506 e. The quantitative estimate of drug-likeness (QED) is 0.320. The van der Waals surface area contributed by atoms with Crippen LogP contribution >= 0.6 is 15.9 Å². The molecule has 0 saturated carbocycles. The summed E-state index contributed by atoms with van der Waals surface area (Å²) in [5, 5.41) is 10.3. The lowest BCUT2D eigenvalue weighted by atomic mass is 9.98. The van der Waals surface area contributed by atoms with Gasteiger partial charge in [-0.2, -0.15) is 0 Å². The number of aromatic hydroxyl groups is 1. The standard InChI is InChI=1S/C23H29BrO2/c1-2-3-4-5-6-7-9-14-19-15-20(23(26)21(24)16-19)22(25)17-18-12-10-8-11-13-18/h8,10-13,15-16,26H,2-7,9,14,17H2,1H3. The maximum atomic E-state index is 12.6. The third-order valence-electron chi connectivity index (χ3n) is 4.70. The van der Waals surface area contributed by atoms with Gasteiger partial charge in [0.15, 0.2) is 5.78 Å². The fraction of sp³-hybridized carbons (Fsp3) is 0.435. The van der Waals surface area contributed by atoms with Gasteiger partial charge in [0.2, 0.25) is 0 Å². The molecule has 1 N–H and O–H groups in total. The van der Waals surface area contributed by atoms with Gasteiger partial charge < -0.3 is 5.11 Å². The van der Waals surface area contributed by atoms with Gasteiger partial charge in [-0.3, -0.25) is 4.79 Å². The molecule has 0 saturated heterocycles. The molecule has 140 valence electrons. The van der Waals surface area contributed by atoms with E-state index in [1.807, 2.05) is 42.5 Å². The molecule has 0 atom stereocenters. The maximum absolute atomic E-state index is 12.6. The van der Waals surface area contributed by atoms with Gasteiger partial charge in [0.25, 0.3) is 0 Å². The highest BCUT2D eigenvalue weighted by atomic mass is 79.9. The number of hydrogen-bond acceptors (Lipinski definition) is 2. The largest absolute Gasteiger partial charge is 0.506 e. The molecule has 0 radical (unpaired) electrons. The second kappa shape index (κ2) is 11.2. The molecule has 26 heavy (non-hydrogen) atoms. The van der Waals surface area contributed by atoms with Crippen molar-refractivity contribution in [2.45, 2.75) is 64.7 Å². The molecule has 0 bridgehead atoms. The SMILES string of the molecule is CCCCCCCCCc1cc(Br)c(O)c(C(=O)Cc2ccccc2)c1. The summed E-state index contributed by atoms with van der Waals surface area (Å²) >= 11 is 3.40. The molecule has 0 amide bonds. The maximum Gasteiger partial charge on any atom is 0.171 e. The van der Waals surface area contributed by atoms with Crippen molar-refractivity contribution in [2.24, 2.45) is 0 Å². The Morgan fingerprint density at radius 2 is 1.58 bits per heavy atom. The Kier molecular flexibility index (Phi) is 8.90. The number of carbonyl (C=O) groups is 1. The number of rotatable bonds is 11. The Labute approximate surface area is 165 Å². The number of unbranched alkanes of at least 4 members (excludes halogenated alkanes) is 6. The van der Waals surface area contributed by atoms with Crippen LogP contribution in [0.4, 0.5) is 0 Å². The number of benzene rings is 2. The van der Waals surface area contributed by atoms with E-state index in [9.17, 15) is 9.90 Å². The van der Waals surface area contributed by atoms with E-state index < -0.39 is 0 Å². The molecular weight excluding hydrogens is 388 g/mol. The smallest absolute Gasteiger partial charge is 0.171 e. The number of phenols is 1. The predicted molar refractivity (Wildman–Crippen MR) is 112 cm³/mol. The molecule has 2 nitrogen and oxygen atoms in total. The second-order valence-electron chi connectivity index (χ2n) is 6.93. The lowest BCUT2D eigenvalue weighted by molar-refractivity contribution is 0.0990. The zero-order valence-corrected chi connectivity index (χ0v) is 17.2. The number of carbonyl (C=O) groups excluding carboxylic acids is 1. The van der Waals surface area contributed by atoms with Crippen molar-refractivity contribution in [3.63, 3.8) is 0 Å². The van der Waals surface area contributed by atoms with E-state index >= 15 is 0 Å². The minimum absolute atomic E-state index is 0.0455. The van der Waals surface area contributed by atoms with Crippen LogP contribution in [-0.4, -0.2) is 10.9 Å². The first-order chi connectivity index (χ1) is 12.6. The number of halogens is 1. The van der Waals surface area contributed by atoms with E-state index in [2.05, 4.69) is 22.9 Å². The van der Waals surface area contributed by atoms with Crippen LogP contribution in [0.15, 0.2) is 46.9 Å². The van der Waals surface area contributed by atoms with Crippen LogP contribution in [-0.2, 0) is 12.8 Å².